The number of pyridine rings is 2. The predicted molar refractivity (Wildman–Crippen MR) is 146 cm³/mol. The summed E-state index contributed by atoms with van der Waals surface area (Å²) in [5.74, 6) is 0.444. The molecule has 3 N–H and O–H groups in total. The third-order valence-electron chi connectivity index (χ3n) is 7.35. The molecule has 0 spiro atoms. The number of hydrogen-bond donors (Lipinski definition) is 3. The highest BCUT2D eigenvalue weighted by Gasteiger charge is 2.29. The van der Waals surface area contributed by atoms with Gasteiger partial charge in [-0.2, -0.15) is 10.2 Å². The molecule has 5 rings (SSSR count). The zero-order valence-electron chi connectivity index (χ0n) is 22.8. The fourth-order valence-electron chi connectivity index (χ4n) is 4.95. The van der Waals surface area contributed by atoms with Gasteiger partial charge in [-0.3, -0.25) is 9.36 Å². The first kappa shape index (κ1) is 27.0. The zero-order chi connectivity index (χ0) is 27.7. The summed E-state index contributed by atoms with van der Waals surface area (Å²) >= 11 is 0. The van der Waals surface area contributed by atoms with Gasteiger partial charge in [0.1, 0.15) is 23.7 Å². The van der Waals surface area contributed by atoms with E-state index in [4.69, 9.17) is 9.84 Å². The Labute approximate surface area is 226 Å². The SMILES string of the molecule is CCNc1cc2c(cn1)c(-c1cnn(C[C@@H](O)C(C)(C)O)c1)nn2C1CCC(Oc2nccc(C)c2F)CC1. The van der Waals surface area contributed by atoms with Crippen LogP contribution in [-0.4, -0.2) is 64.1 Å². The van der Waals surface area contributed by atoms with Crippen LogP contribution in [-0.2, 0) is 6.54 Å². The normalized spacial score (nSPS) is 18.8. The van der Waals surface area contributed by atoms with Crippen molar-refractivity contribution >= 4 is 16.7 Å². The monoisotopic (exact) mass is 537 g/mol. The van der Waals surface area contributed by atoms with E-state index in [1.807, 2.05) is 25.4 Å². The molecular formula is C28H36FN7O3. The molecule has 0 bridgehead atoms. The maximum absolute atomic E-state index is 14.4. The number of aliphatic hydroxyl groups excluding tert-OH is 1. The molecule has 4 aromatic rings. The van der Waals surface area contributed by atoms with Crippen molar-refractivity contribution in [2.24, 2.45) is 0 Å². The highest BCUT2D eigenvalue weighted by Crippen LogP contribution is 2.36. The molecule has 0 amide bonds. The van der Waals surface area contributed by atoms with Crippen molar-refractivity contribution < 1.29 is 19.3 Å². The minimum Gasteiger partial charge on any atom is -0.472 e. The number of nitrogens with zero attached hydrogens (tertiary/aromatic N) is 6. The van der Waals surface area contributed by atoms with Gasteiger partial charge in [-0.25, -0.2) is 14.4 Å². The largest absolute Gasteiger partial charge is 0.472 e. The van der Waals surface area contributed by atoms with Gasteiger partial charge in [-0.15, -0.1) is 0 Å². The lowest BCUT2D eigenvalue weighted by atomic mass is 9.93. The highest BCUT2D eigenvalue weighted by atomic mass is 19.1. The van der Waals surface area contributed by atoms with E-state index in [0.717, 1.165) is 60.2 Å². The molecule has 0 saturated heterocycles. The van der Waals surface area contributed by atoms with E-state index in [1.54, 1.807) is 43.9 Å². The molecule has 0 aliphatic heterocycles. The second kappa shape index (κ2) is 10.9. The van der Waals surface area contributed by atoms with Gasteiger partial charge < -0.3 is 20.3 Å². The molecule has 4 heterocycles. The van der Waals surface area contributed by atoms with Crippen molar-refractivity contribution in [2.75, 3.05) is 11.9 Å². The molecule has 208 valence electrons. The summed E-state index contributed by atoms with van der Waals surface area (Å²) < 4.78 is 24.0. The Bertz CT molecular complexity index is 1440. The number of aryl methyl sites for hydroxylation is 1. The van der Waals surface area contributed by atoms with Crippen LogP contribution in [0.25, 0.3) is 22.2 Å². The average molecular weight is 538 g/mol. The lowest BCUT2D eigenvalue weighted by molar-refractivity contribution is -0.0566. The van der Waals surface area contributed by atoms with E-state index in [2.05, 4.69) is 25.1 Å². The van der Waals surface area contributed by atoms with Crippen molar-refractivity contribution in [2.45, 2.75) is 83.8 Å². The second-order valence-corrected chi connectivity index (χ2v) is 10.8. The Balaban J connectivity index is 1.40. The van der Waals surface area contributed by atoms with Gasteiger partial charge in [0, 0.05) is 42.2 Å². The number of halogens is 1. The van der Waals surface area contributed by atoms with E-state index in [1.165, 1.54) is 0 Å². The van der Waals surface area contributed by atoms with Crippen molar-refractivity contribution in [3.05, 3.63) is 48.3 Å². The lowest BCUT2D eigenvalue weighted by Gasteiger charge is -2.29. The molecule has 1 saturated carbocycles. The van der Waals surface area contributed by atoms with E-state index in [-0.39, 0.29) is 24.6 Å². The summed E-state index contributed by atoms with van der Waals surface area (Å²) in [5.41, 5.74) is 1.81. The van der Waals surface area contributed by atoms with Crippen LogP contribution < -0.4 is 10.1 Å². The molecule has 1 aliphatic carbocycles. The van der Waals surface area contributed by atoms with Gasteiger partial charge >= 0.3 is 0 Å². The molecule has 1 aliphatic rings. The van der Waals surface area contributed by atoms with Gasteiger partial charge in [0.25, 0.3) is 5.88 Å². The minimum absolute atomic E-state index is 0.0679. The fourth-order valence-corrected chi connectivity index (χ4v) is 4.95. The summed E-state index contributed by atoms with van der Waals surface area (Å²) in [6, 6.07) is 3.79. The van der Waals surface area contributed by atoms with Crippen LogP contribution in [0, 0.1) is 12.7 Å². The molecule has 0 unspecified atom stereocenters. The maximum atomic E-state index is 14.4. The number of aliphatic hydroxyl groups is 2. The van der Waals surface area contributed by atoms with Gasteiger partial charge in [-0.05, 0) is 65.0 Å². The summed E-state index contributed by atoms with van der Waals surface area (Å²) in [6.45, 7) is 7.78. The van der Waals surface area contributed by atoms with E-state index < -0.39 is 17.5 Å². The molecule has 0 aromatic carbocycles. The van der Waals surface area contributed by atoms with Gasteiger partial charge in [0.2, 0.25) is 0 Å². The first-order valence-electron chi connectivity index (χ1n) is 13.5. The number of ether oxygens (including phenoxy) is 1. The van der Waals surface area contributed by atoms with Crippen molar-refractivity contribution in [3.63, 3.8) is 0 Å². The number of fused-ring (bicyclic) bond motifs is 1. The standard InChI is InChI=1S/C28H36FN7O3/c1-5-30-24-12-22-21(14-32-24)26(18-13-33-35(15-18)16-23(37)28(3,4)38)34-36(22)19-6-8-20(9-7-19)39-27-25(29)17(2)10-11-31-27/h10-15,19-20,23,37-38H,5-9,16H2,1-4H3,(H,30,32)/t19?,20?,23-/m1/s1. The number of anilines is 1. The van der Waals surface area contributed by atoms with E-state index >= 15 is 0 Å². The van der Waals surface area contributed by atoms with Crippen LogP contribution in [0.3, 0.4) is 0 Å². The molecule has 39 heavy (non-hydrogen) atoms. The summed E-state index contributed by atoms with van der Waals surface area (Å²) in [6.07, 6.45) is 9.03. The molecule has 10 nitrogen and oxygen atoms in total. The van der Waals surface area contributed by atoms with Crippen LogP contribution in [0.5, 0.6) is 5.88 Å². The Morgan fingerprint density at radius 2 is 1.97 bits per heavy atom. The van der Waals surface area contributed by atoms with Gasteiger partial charge in [0.15, 0.2) is 5.82 Å². The van der Waals surface area contributed by atoms with Crippen molar-refractivity contribution in [1.29, 1.82) is 0 Å². The van der Waals surface area contributed by atoms with Gasteiger partial charge in [-0.1, -0.05) is 0 Å². The van der Waals surface area contributed by atoms with Crippen molar-refractivity contribution in [1.82, 2.24) is 29.5 Å². The summed E-state index contributed by atoms with van der Waals surface area (Å²) in [4.78, 5) is 8.66. The first-order chi connectivity index (χ1) is 18.6. The van der Waals surface area contributed by atoms with Crippen molar-refractivity contribution in [3.8, 4) is 17.1 Å². The Hall–Kier alpha value is -3.57. The minimum atomic E-state index is -1.24. The van der Waals surface area contributed by atoms with E-state index in [9.17, 15) is 14.6 Å². The van der Waals surface area contributed by atoms with Crippen LogP contribution in [0.15, 0.2) is 36.9 Å². The van der Waals surface area contributed by atoms with Crippen LogP contribution in [0.1, 0.15) is 58.1 Å². The topological polar surface area (TPSA) is 123 Å². The molecule has 4 aromatic heterocycles. The maximum Gasteiger partial charge on any atom is 0.250 e. The van der Waals surface area contributed by atoms with Crippen LogP contribution in [0.2, 0.25) is 0 Å². The zero-order valence-corrected chi connectivity index (χ0v) is 22.8. The smallest absolute Gasteiger partial charge is 0.250 e. The van der Waals surface area contributed by atoms with E-state index in [0.29, 0.717) is 5.56 Å². The molecule has 11 heteroatoms. The third kappa shape index (κ3) is 5.74. The molecular weight excluding hydrogens is 501 g/mol. The average Bonchev–Trinajstić information content (AvgIpc) is 3.51. The Morgan fingerprint density at radius 1 is 1.21 bits per heavy atom. The highest BCUT2D eigenvalue weighted by molar-refractivity contribution is 5.93. The Morgan fingerprint density at radius 3 is 2.69 bits per heavy atom. The lowest BCUT2D eigenvalue weighted by Crippen LogP contribution is -2.39. The van der Waals surface area contributed by atoms with Crippen LogP contribution >= 0.6 is 0 Å². The van der Waals surface area contributed by atoms with Gasteiger partial charge in [0.05, 0.1) is 29.9 Å². The first-order valence-corrected chi connectivity index (χ1v) is 13.5. The number of rotatable bonds is 9. The Kier molecular flexibility index (Phi) is 7.55. The number of aromatic nitrogens is 6. The number of nitrogens with one attached hydrogen (secondary N) is 1. The fraction of sp³-hybridized carbons (Fsp3) is 0.500. The summed E-state index contributed by atoms with van der Waals surface area (Å²) in [7, 11) is 0. The summed E-state index contributed by atoms with van der Waals surface area (Å²) in [5, 5.41) is 34.0. The van der Waals surface area contributed by atoms with Crippen LogP contribution in [0.4, 0.5) is 10.2 Å². The molecule has 1 fully saturated rings. The quantitative estimate of drug-likeness (QED) is 0.289. The molecule has 0 radical (unpaired) electrons. The second-order valence-electron chi connectivity index (χ2n) is 10.8. The molecule has 1 atom stereocenters. The predicted octanol–water partition coefficient (Wildman–Crippen LogP) is 4.26. The third-order valence-corrected chi connectivity index (χ3v) is 7.35. The number of hydrogen-bond acceptors (Lipinski definition) is 8.